The number of carbonyl (C=O) groups is 1. The van der Waals surface area contributed by atoms with Gasteiger partial charge in [0.15, 0.2) is 0 Å². The summed E-state index contributed by atoms with van der Waals surface area (Å²) < 4.78 is 74.5. The first kappa shape index (κ1) is 22.3. The van der Waals surface area contributed by atoms with Crippen molar-refractivity contribution in [2.45, 2.75) is 19.3 Å². The first-order valence-electron chi connectivity index (χ1n) is 9.71. The van der Waals surface area contributed by atoms with Crippen LogP contribution in [0.3, 0.4) is 0 Å². The van der Waals surface area contributed by atoms with Gasteiger partial charge in [-0.05, 0) is 54.6 Å². The molecule has 0 radical (unpaired) electrons. The van der Waals surface area contributed by atoms with Gasteiger partial charge in [-0.3, -0.25) is 0 Å². The maximum atomic E-state index is 13.9. The summed E-state index contributed by atoms with van der Waals surface area (Å²) in [5.74, 6) is -2.44. The van der Waals surface area contributed by atoms with Gasteiger partial charge in [-0.25, -0.2) is 13.6 Å². The summed E-state index contributed by atoms with van der Waals surface area (Å²) in [4.78, 5) is 11.5. The van der Waals surface area contributed by atoms with E-state index in [0.29, 0.717) is 10.9 Å². The van der Waals surface area contributed by atoms with Gasteiger partial charge >= 0.3 is 12.1 Å². The number of benzene rings is 3. The van der Waals surface area contributed by atoms with Gasteiger partial charge < -0.3 is 14.4 Å². The number of alkyl halides is 3. The number of hydrogen-bond donors (Lipinski definition) is 1. The molecule has 0 aliphatic rings. The summed E-state index contributed by atoms with van der Waals surface area (Å²) in [7, 11) is 0. The second kappa shape index (κ2) is 8.57. The summed E-state index contributed by atoms with van der Waals surface area (Å²) in [6, 6.07) is 11.9. The van der Waals surface area contributed by atoms with Crippen molar-refractivity contribution in [3.8, 4) is 5.75 Å². The van der Waals surface area contributed by atoms with Gasteiger partial charge in [0.2, 0.25) is 0 Å². The third-order valence-corrected chi connectivity index (χ3v) is 5.16. The molecule has 1 aromatic heterocycles. The van der Waals surface area contributed by atoms with Crippen molar-refractivity contribution in [1.82, 2.24) is 4.57 Å². The number of fused-ring (bicyclic) bond motifs is 1. The molecule has 0 aliphatic carbocycles. The van der Waals surface area contributed by atoms with E-state index in [1.165, 1.54) is 6.07 Å². The third kappa shape index (κ3) is 4.67. The number of carboxylic acids is 1. The van der Waals surface area contributed by atoms with Crippen LogP contribution in [0.1, 0.15) is 27.0 Å². The molecule has 4 nitrogen and oxygen atoms in total. The van der Waals surface area contributed by atoms with E-state index in [1.807, 2.05) is 0 Å². The van der Waals surface area contributed by atoms with E-state index < -0.39 is 36.0 Å². The number of aromatic carboxylic acids is 1. The van der Waals surface area contributed by atoms with E-state index >= 15 is 0 Å². The second-order valence-electron chi connectivity index (χ2n) is 7.33. The van der Waals surface area contributed by atoms with E-state index in [9.17, 15) is 31.9 Å². The highest BCUT2D eigenvalue weighted by Gasteiger charge is 2.31. The average molecular weight is 461 g/mol. The summed E-state index contributed by atoms with van der Waals surface area (Å²) in [5, 5.41) is 9.79. The molecule has 3 aromatic carbocycles. The molecule has 1 N–H and O–H groups in total. The number of aromatic nitrogens is 1. The van der Waals surface area contributed by atoms with E-state index in [2.05, 4.69) is 0 Å². The molecule has 0 unspecified atom stereocenters. The SMILES string of the molecule is O=C(O)c1cccc2c1ccn2Cc1cc(C(F)(F)F)ccc1OCc1cc(F)ccc1F. The van der Waals surface area contributed by atoms with Crippen molar-refractivity contribution >= 4 is 16.9 Å². The van der Waals surface area contributed by atoms with Crippen molar-refractivity contribution < 1.29 is 36.6 Å². The Morgan fingerprint density at radius 2 is 1.76 bits per heavy atom. The predicted octanol–water partition coefficient (Wildman–Crippen LogP) is 6.26. The van der Waals surface area contributed by atoms with Crippen LogP contribution in [0.2, 0.25) is 0 Å². The first-order chi connectivity index (χ1) is 15.6. The zero-order chi connectivity index (χ0) is 23.8. The minimum Gasteiger partial charge on any atom is -0.488 e. The van der Waals surface area contributed by atoms with E-state index in [-0.39, 0.29) is 29.0 Å². The van der Waals surface area contributed by atoms with Crippen molar-refractivity contribution in [3.63, 3.8) is 0 Å². The van der Waals surface area contributed by atoms with Gasteiger partial charge in [0.1, 0.15) is 24.0 Å². The van der Waals surface area contributed by atoms with Crippen LogP contribution in [0.4, 0.5) is 22.0 Å². The summed E-state index contributed by atoms with van der Waals surface area (Å²) in [6.07, 6.45) is -3.04. The molecule has 33 heavy (non-hydrogen) atoms. The molecule has 170 valence electrons. The Kier molecular flexibility index (Phi) is 5.80. The van der Waals surface area contributed by atoms with Crippen LogP contribution < -0.4 is 4.74 Å². The van der Waals surface area contributed by atoms with Crippen molar-refractivity contribution in [2.75, 3.05) is 0 Å². The quantitative estimate of drug-likeness (QED) is 0.345. The number of halogens is 5. The van der Waals surface area contributed by atoms with Gasteiger partial charge in [0.05, 0.1) is 17.7 Å². The molecule has 0 bridgehead atoms. The molecule has 0 aliphatic heterocycles. The van der Waals surface area contributed by atoms with Gasteiger partial charge in [-0.1, -0.05) is 6.07 Å². The van der Waals surface area contributed by atoms with Crippen LogP contribution >= 0.6 is 0 Å². The van der Waals surface area contributed by atoms with E-state index in [4.69, 9.17) is 4.74 Å². The average Bonchev–Trinajstić information content (AvgIpc) is 3.17. The van der Waals surface area contributed by atoms with Gasteiger partial charge in [-0.2, -0.15) is 13.2 Å². The Balaban J connectivity index is 1.71. The lowest BCUT2D eigenvalue weighted by Crippen LogP contribution is -2.09. The maximum Gasteiger partial charge on any atom is 0.416 e. The molecule has 0 spiro atoms. The molecule has 0 atom stereocenters. The highest BCUT2D eigenvalue weighted by Crippen LogP contribution is 2.34. The standard InChI is InChI=1S/C24H16F5NO3/c25-17-5-6-20(26)15(11-17)13-33-22-7-4-16(24(27,28)29)10-14(22)12-30-9-8-18-19(23(31)32)2-1-3-21(18)30/h1-11H,12-13H2,(H,31,32). The van der Waals surface area contributed by atoms with Crippen LogP contribution in [-0.2, 0) is 19.3 Å². The smallest absolute Gasteiger partial charge is 0.416 e. The summed E-state index contributed by atoms with van der Waals surface area (Å²) >= 11 is 0. The Morgan fingerprint density at radius 3 is 2.48 bits per heavy atom. The van der Waals surface area contributed by atoms with Crippen LogP contribution in [0.5, 0.6) is 5.75 Å². The summed E-state index contributed by atoms with van der Waals surface area (Å²) in [5.41, 5.74) is -0.273. The highest BCUT2D eigenvalue weighted by atomic mass is 19.4. The largest absolute Gasteiger partial charge is 0.488 e. The second-order valence-corrected chi connectivity index (χ2v) is 7.33. The molecule has 0 fully saturated rings. The minimum absolute atomic E-state index is 0.0582. The molecule has 0 saturated heterocycles. The van der Waals surface area contributed by atoms with Crippen molar-refractivity contribution in [1.29, 1.82) is 0 Å². The number of rotatable bonds is 6. The monoisotopic (exact) mass is 461 g/mol. The van der Waals surface area contributed by atoms with Gasteiger partial charge in [0, 0.05) is 28.2 Å². The Hall–Kier alpha value is -3.88. The molecule has 4 aromatic rings. The molecular formula is C24H16F5NO3. The first-order valence-corrected chi connectivity index (χ1v) is 9.71. The Morgan fingerprint density at radius 1 is 0.970 bits per heavy atom. The molecule has 0 saturated carbocycles. The minimum atomic E-state index is -4.60. The van der Waals surface area contributed by atoms with Crippen LogP contribution in [0.25, 0.3) is 10.9 Å². The van der Waals surface area contributed by atoms with Crippen LogP contribution in [-0.4, -0.2) is 15.6 Å². The zero-order valence-corrected chi connectivity index (χ0v) is 16.9. The van der Waals surface area contributed by atoms with Crippen molar-refractivity contribution in [2.24, 2.45) is 0 Å². The molecule has 9 heteroatoms. The lowest BCUT2D eigenvalue weighted by atomic mass is 10.1. The molecular weight excluding hydrogens is 445 g/mol. The zero-order valence-electron chi connectivity index (χ0n) is 16.9. The number of nitrogens with zero attached hydrogens (tertiary/aromatic N) is 1. The Labute approximate surface area is 184 Å². The fourth-order valence-electron chi connectivity index (χ4n) is 3.56. The highest BCUT2D eigenvalue weighted by molar-refractivity contribution is 6.03. The number of carboxylic acid groups (broad SMARTS) is 1. The molecule has 1 heterocycles. The Bertz CT molecular complexity index is 1340. The predicted molar refractivity (Wildman–Crippen MR) is 110 cm³/mol. The van der Waals surface area contributed by atoms with Gasteiger partial charge in [0.25, 0.3) is 0 Å². The lowest BCUT2D eigenvalue weighted by molar-refractivity contribution is -0.137. The number of ether oxygens (including phenoxy) is 1. The van der Waals surface area contributed by atoms with Gasteiger partial charge in [-0.15, -0.1) is 0 Å². The third-order valence-electron chi connectivity index (χ3n) is 5.16. The normalized spacial score (nSPS) is 11.7. The van der Waals surface area contributed by atoms with Crippen LogP contribution in [0.15, 0.2) is 66.9 Å². The molecule has 0 amide bonds. The van der Waals surface area contributed by atoms with E-state index in [0.717, 1.165) is 36.4 Å². The topological polar surface area (TPSA) is 51.5 Å². The fourth-order valence-corrected chi connectivity index (χ4v) is 3.56. The lowest BCUT2D eigenvalue weighted by Gasteiger charge is -2.16. The van der Waals surface area contributed by atoms with Crippen LogP contribution in [0, 0.1) is 11.6 Å². The van der Waals surface area contributed by atoms with E-state index in [1.54, 1.807) is 29.0 Å². The number of hydrogen-bond acceptors (Lipinski definition) is 2. The summed E-state index contributed by atoms with van der Waals surface area (Å²) in [6.45, 7) is -0.463. The van der Waals surface area contributed by atoms with Crippen molar-refractivity contribution in [3.05, 3.63) is 101 Å². The fraction of sp³-hybridized carbons (Fsp3) is 0.125. The maximum absolute atomic E-state index is 13.9. The molecule has 4 rings (SSSR count).